The Morgan fingerprint density at radius 1 is 1.31 bits per heavy atom. The van der Waals surface area contributed by atoms with E-state index in [0.29, 0.717) is 24.0 Å². The second kappa shape index (κ2) is 3.56. The van der Waals surface area contributed by atoms with E-state index >= 15 is 0 Å². The maximum atomic E-state index is 10.9. The Morgan fingerprint density at radius 2 is 2.08 bits per heavy atom. The third-order valence-electron chi connectivity index (χ3n) is 2.34. The number of rotatable bonds is 1. The minimum absolute atomic E-state index is 0.326. The van der Waals surface area contributed by atoms with Gasteiger partial charge in [0.1, 0.15) is 0 Å². The molecule has 1 aliphatic heterocycles. The SMILES string of the molecule is O=[N+]1CC(c2ccccc2)CCO1. The molecule has 1 aromatic carbocycles. The first kappa shape index (κ1) is 8.23. The molecular formula is C10H12NO2+. The van der Waals surface area contributed by atoms with Crippen LogP contribution in [0.5, 0.6) is 0 Å². The average molecular weight is 178 g/mol. The van der Waals surface area contributed by atoms with Gasteiger partial charge in [0.2, 0.25) is 4.92 Å². The highest BCUT2D eigenvalue weighted by molar-refractivity contribution is 5.19. The highest BCUT2D eigenvalue weighted by Crippen LogP contribution is 2.22. The molecule has 0 aliphatic carbocycles. The van der Waals surface area contributed by atoms with Crippen LogP contribution in [-0.2, 0) is 4.84 Å². The zero-order valence-electron chi connectivity index (χ0n) is 7.35. The van der Waals surface area contributed by atoms with Crippen molar-refractivity contribution in [1.29, 1.82) is 0 Å². The zero-order chi connectivity index (χ0) is 9.10. The predicted molar refractivity (Wildman–Crippen MR) is 48.2 cm³/mol. The first-order valence-corrected chi connectivity index (χ1v) is 4.49. The highest BCUT2D eigenvalue weighted by atomic mass is 16.8. The minimum atomic E-state index is 0.326. The van der Waals surface area contributed by atoms with E-state index in [1.165, 1.54) is 5.56 Å². The van der Waals surface area contributed by atoms with Crippen molar-refractivity contribution in [3.8, 4) is 0 Å². The molecule has 1 atom stereocenters. The Morgan fingerprint density at radius 3 is 2.77 bits per heavy atom. The van der Waals surface area contributed by atoms with Gasteiger partial charge in [-0.3, -0.25) is 0 Å². The lowest BCUT2D eigenvalue weighted by molar-refractivity contribution is -0.812. The molecule has 0 aromatic heterocycles. The first-order valence-electron chi connectivity index (χ1n) is 4.49. The Hall–Kier alpha value is -1.38. The summed E-state index contributed by atoms with van der Waals surface area (Å²) in [5, 5.41) is 0. The van der Waals surface area contributed by atoms with Gasteiger partial charge in [0.25, 0.3) is 6.54 Å². The quantitative estimate of drug-likeness (QED) is 0.657. The molecule has 0 radical (unpaired) electrons. The molecule has 1 fully saturated rings. The van der Waals surface area contributed by atoms with E-state index in [2.05, 4.69) is 12.1 Å². The van der Waals surface area contributed by atoms with Crippen LogP contribution in [-0.4, -0.2) is 18.1 Å². The van der Waals surface area contributed by atoms with Crippen molar-refractivity contribution in [3.63, 3.8) is 0 Å². The van der Waals surface area contributed by atoms with Crippen molar-refractivity contribution in [2.75, 3.05) is 13.2 Å². The number of hydrogen-bond acceptors (Lipinski definition) is 2. The zero-order valence-corrected chi connectivity index (χ0v) is 7.35. The van der Waals surface area contributed by atoms with Gasteiger partial charge in [-0.1, -0.05) is 30.3 Å². The second-order valence-electron chi connectivity index (χ2n) is 3.24. The molecule has 0 bridgehead atoms. The molecule has 0 amide bonds. The lowest BCUT2D eigenvalue weighted by atomic mass is 9.96. The molecule has 3 heteroatoms. The average Bonchev–Trinajstić information content (AvgIpc) is 2.19. The van der Waals surface area contributed by atoms with Crippen molar-refractivity contribution >= 4 is 0 Å². The van der Waals surface area contributed by atoms with Crippen LogP contribution in [0.25, 0.3) is 0 Å². The van der Waals surface area contributed by atoms with Crippen LogP contribution in [0, 0.1) is 4.91 Å². The minimum Gasteiger partial charge on any atom is -0.232 e. The van der Waals surface area contributed by atoms with Gasteiger partial charge in [-0.2, -0.15) is 0 Å². The molecule has 1 unspecified atom stereocenters. The van der Waals surface area contributed by atoms with Gasteiger partial charge in [0.15, 0.2) is 6.61 Å². The summed E-state index contributed by atoms with van der Waals surface area (Å²) in [6.07, 6.45) is 0.933. The van der Waals surface area contributed by atoms with Crippen LogP contribution < -0.4 is 0 Å². The van der Waals surface area contributed by atoms with Crippen molar-refractivity contribution < 1.29 is 9.76 Å². The van der Waals surface area contributed by atoms with Gasteiger partial charge >= 0.3 is 0 Å². The molecule has 1 heterocycles. The number of nitrogens with zero attached hydrogens (tertiary/aromatic N) is 1. The molecule has 1 aliphatic rings. The van der Waals surface area contributed by atoms with Gasteiger partial charge in [-0.05, 0) is 5.56 Å². The Kier molecular flexibility index (Phi) is 2.25. The Labute approximate surface area is 76.9 Å². The molecule has 3 nitrogen and oxygen atoms in total. The van der Waals surface area contributed by atoms with Gasteiger partial charge in [-0.15, -0.1) is 0 Å². The summed E-state index contributed by atoms with van der Waals surface area (Å²) in [6.45, 7) is 0.979. The molecule has 0 saturated carbocycles. The summed E-state index contributed by atoms with van der Waals surface area (Å²) in [5.74, 6) is 0.326. The summed E-state index contributed by atoms with van der Waals surface area (Å²) in [7, 11) is 0. The monoisotopic (exact) mass is 178 g/mol. The largest absolute Gasteiger partial charge is 0.255 e. The van der Waals surface area contributed by atoms with Gasteiger partial charge in [0.05, 0.1) is 10.8 Å². The maximum Gasteiger partial charge on any atom is 0.255 e. The van der Waals surface area contributed by atoms with Crippen LogP contribution in [0.2, 0.25) is 0 Å². The van der Waals surface area contributed by atoms with Crippen molar-refractivity contribution in [3.05, 3.63) is 40.8 Å². The van der Waals surface area contributed by atoms with Crippen LogP contribution in [0.3, 0.4) is 0 Å². The summed E-state index contributed by atoms with van der Waals surface area (Å²) in [5.41, 5.74) is 1.23. The third kappa shape index (κ3) is 1.86. The molecule has 68 valence electrons. The van der Waals surface area contributed by atoms with Crippen LogP contribution in [0.1, 0.15) is 17.9 Å². The molecule has 1 saturated heterocycles. The Bertz CT molecular complexity index is 297. The smallest absolute Gasteiger partial charge is 0.232 e. The summed E-state index contributed by atoms with van der Waals surface area (Å²) < 4.78 is 0. The standard InChI is InChI=1S/C10H12NO2/c12-11-8-10(6-7-13-11)9-4-2-1-3-5-9/h1-5,10H,6-8H2/q+1. The number of hydrogen-bond donors (Lipinski definition) is 0. The molecule has 0 spiro atoms. The molecule has 0 N–H and O–H groups in total. The molecule has 1 aromatic rings. The summed E-state index contributed by atoms with van der Waals surface area (Å²) >= 11 is 0. The van der Waals surface area contributed by atoms with Crippen LogP contribution >= 0.6 is 0 Å². The van der Waals surface area contributed by atoms with E-state index in [4.69, 9.17) is 4.84 Å². The fourth-order valence-electron chi connectivity index (χ4n) is 1.62. The summed E-state index contributed by atoms with van der Waals surface area (Å²) in [6, 6.07) is 10.1. The summed E-state index contributed by atoms with van der Waals surface area (Å²) in [4.78, 5) is 16.4. The van der Waals surface area contributed by atoms with Crippen LogP contribution in [0.15, 0.2) is 30.3 Å². The topological polar surface area (TPSA) is 29.3 Å². The second-order valence-corrected chi connectivity index (χ2v) is 3.24. The van der Waals surface area contributed by atoms with Crippen LogP contribution in [0.4, 0.5) is 0 Å². The van der Waals surface area contributed by atoms with Crippen molar-refractivity contribution in [1.82, 2.24) is 0 Å². The van der Waals surface area contributed by atoms with Crippen molar-refractivity contribution in [2.24, 2.45) is 0 Å². The predicted octanol–water partition coefficient (Wildman–Crippen LogP) is 1.88. The third-order valence-corrected chi connectivity index (χ3v) is 2.34. The van der Waals surface area contributed by atoms with Gasteiger partial charge in [0, 0.05) is 6.42 Å². The van der Waals surface area contributed by atoms with Gasteiger partial charge in [-0.25, -0.2) is 4.84 Å². The van der Waals surface area contributed by atoms with E-state index in [9.17, 15) is 4.91 Å². The van der Waals surface area contributed by atoms with Crippen molar-refractivity contribution in [2.45, 2.75) is 12.3 Å². The normalized spacial score (nSPS) is 22.5. The fourth-order valence-corrected chi connectivity index (χ4v) is 1.62. The van der Waals surface area contributed by atoms with E-state index in [0.717, 1.165) is 6.42 Å². The van der Waals surface area contributed by atoms with E-state index in [1.807, 2.05) is 18.2 Å². The first-order chi connectivity index (χ1) is 6.36. The fraction of sp³-hybridized carbons (Fsp3) is 0.400. The molecular weight excluding hydrogens is 166 g/mol. The lowest BCUT2D eigenvalue weighted by Crippen LogP contribution is -2.25. The van der Waals surface area contributed by atoms with Gasteiger partial charge < -0.3 is 0 Å². The lowest BCUT2D eigenvalue weighted by Gasteiger charge is -2.14. The molecule has 2 rings (SSSR count). The maximum absolute atomic E-state index is 10.9. The van der Waals surface area contributed by atoms with E-state index in [1.54, 1.807) is 0 Å². The molecule has 13 heavy (non-hydrogen) atoms. The van der Waals surface area contributed by atoms with E-state index < -0.39 is 0 Å². The highest BCUT2D eigenvalue weighted by Gasteiger charge is 2.28. The Balaban J connectivity index is 2.13. The number of benzene rings is 1. The van der Waals surface area contributed by atoms with E-state index in [-0.39, 0.29) is 0 Å².